The molecule has 1 aromatic heterocycles. The predicted octanol–water partition coefficient (Wildman–Crippen LogP) is 5.82. The van der Waals surface area contributed by atoms with Gasteiger partial charge in [0.05, 0.1) is 5.75 Å². The molecule has 3 unspecified atom stereocenters. The number of aromatic nitrogens is 1. The maximum atomic E-state index is 14.5. The Morgan fingerprint density at radius 3 is 2.42 bits per heavy atom. The first-order valence-corrected chi connectivity index (χ1v) is 13.6. The topological polar surface area (TPSA) is 77.4 Å². The quantitative estimate of drug-likeness (QED) is 0.448. The molecule has 1 heterocycles. The Morgan fingerprint density at radius 2 is 1.75 bits per heavy atom. The SMILES string of the molecule is CCS(=O)(=O)Nc1ccc(Oc2ccc(F)cc2F)c(-c2cn(C)c(=O)c3c2CC(C)C(C)C3C)c1. The Morgan fingerprint density at radius 1 is 1.06 bits per heavy atom. The first-order valence-electron chi connectivity index (χ1n) is 11.9. The van der Waals surface area contributed by atoms with Gasteiger partial charge in [0.25, 0.3) is 5.56 Å². The van der Waals surface area contributed by atoms with Gasteiger partial charge in [0, 0.05) is 41.7 Å². The number of halogens is 2. The Bertz CT molecular complexity index is 1480. The first-order chi connectivity index (χ1) is 16.9. The first kappa shape index (κ1) is 25.9. The van der Waals surface area contributed by atoms with E-state index in [2.05, 4.69) is 18.6 Å². The number of anilines is 1. The van der Waals surface area contributed by atoms with Crippen LogP contribution in [-0.2, 0) is 23.5 Å². The maximum Gasteiger partial charge on any atom is 0.254 e. The number of hydrogen-bond donors (Lipinski definition) is 1. The van der Waals surface area contributed by atoms with Gasteiger partial charge in [-0.25, -0.2) is 17.2 Å². The lowest BCUT2D eigenvalue weighted by Gasteiger charge is -2.35. The molecule has 1 aliphatic carbocycles. The van der Waals surface area contributed by atoms with Crippen LogP contribution in [0.3, 0.4) is 0 Å². The van der Waals surface area contributed by atoms with Gasteiger partial charge in [-0.05, 0) is 67.0 Å². The van der Waals surface area contributed by atoms with Gasteiger partial charge in [0.15, 0.2) is 11.6 Å². The monoisotopic (exact) mass is 516 g/mol. The predicted molar refractivity (Wildman–Crippen MR) is 137 cm³/mol. The zero-order valence-corrected chi connectivity index (χ0v) is 21.7. The summed E-state index contributed by atoms with van der Waals surface area (Å²) in [6.45, 7) is 7.85. The second-order valence-corrected chi connectivity index (χ2v) is 11.6. The number of nitrogens with one attached hydrogen (secondary N) is 1. The molecular weight excluding hydrogens is 486 g/mol. The number of ether oxygens (including phenoxy) is 1. The van der Waals surface area contributed by atoms with Crippen molar-refractivity contribution >= 4 is 15.7 Å². The lowest BCUT2D eigenvalue weighted by Crippen LogP contribution is -2.33. The summed E-state index contributed by atoms with van der Waals surface area (Å²) in [5.74, 6) is -1.00. The van der Waals surface area contributed by atoms with E-state index in [9.17, 15) is 22.0 Å². The summed E-state index contributed by atoms with van der Waals surface area (Å²) in [7, 11) is -1.89. The third kappa shape index (κ3) is 4.89. The summed E-state index contributed by atoms with van der Waals surface area (Å²) < 4.78 is 62.4. The van der Waals surface area contributed by atoms with Crippen LogP contribution in [0.2, 0.25) is 0 Å². The number of aryl methyl sites for hydroxylation is 1. The summed E-state index contributed by atoms with van der Waals surface area (Å²) in [6.07, 6.45) is 2.36. The Hall–Kier alpha value is -3.20. The van der Waals surface area contributed by atoms with Crippen molar-refractivity contribution in [2.75, 3.05) is 10.5 Å². The standard InChI is InChI=1S/C27H30F2N2O4S/c1-6-36(33,34)30-19-8-10-24(35-25-9-7-18(28)12-23(25)29)20(13-19)22-14-31(5)27(32)26-17(4)16(3)15(2)11-21(22)26/h7-10,12-17,30H,6,11H2,1-5H3. The van der Waals surface area contributed by atoms with Crippen molar-refractivity contribution in [3.8, 4) is 22.6 Å². The molecule has 3 aromatic rings. The van der Waals surface area contributed by atoms with E-state index in [0.29, 0.717) is 35.1 Å². The lowest BCUT2D eigenvalue weighted by atomic mass is 9.70. The van der Waals surface area contributed by atoms with Gasteiger partial charge in [-0.15, -0.1) is 0 Å². The van der Waals surface area contributed by atoms with Crippen molar-refractivity contribution in [2.24, 2.45) is 18.9 Å². The van der Waals surface area contributed by atoms with Crippen LogP contribution in [-0.4, -0.2) is 18.7 Å². The average molecular weight is 517 g/mol. The fourth-order valence-corrected chi connectivity index (χ4v) is 5.43. The summed E-state index contributed by atoms with van der Waals surface area (Å²) in [6, 6.07) is 7.72. The Balaban J connectivity index is 1.96. The minimum atomic E-state index is -3.56. The smallest absolute Gasteiger partial charge is 0.254 e. The van der Waals surface area contributed by atoms with Crippen LogP contribution < -0.4 is 15.0 Å². The molecule has 0 bridgehead atoms. The normalized spacial score (nSPS) is 19.6. The molecule has 1 N–H and O–H groups in total. The highest BCUT2D eigenvalue weighted by Crippen LogP contribution is 2.44. The van der Waals surface area contributed by atoms with Gasteiger partial charge in [0.1, 0.15) is 11.6 Å². The summed E-state index contributed by atoms with van der Waals surface area (Å²) in [5, 5.41) is 0. The molecule has 0 spiro atoms. The molecule has 0 radical (unpaired) electrons. The van der Waals surface area contributed by atoms with Crippen LogP contribution in [0.15, 0.2) is 47.4 Å². The minimum absolute atomic E-state index is 0.0167. The lowest BCUT2D eigenvalue weighted by molar-refractivity contribution is 0.310. The second kappa shape index (κ2) is 9.69. The highest BCUT2D eigenvalue weighted by molar-refractivity contribution is 7.92. The van der Waals surface area contributed by atoms with Crippen molar-refractivity contribution < 1.29 is 21.9 Å². The molecule has 1 aliphatic rings. The minimum Gasteiger partial charge on any atom is -0.454 e. The fraction of sp³-hybridized carbons (Fsp3) is 0.370. The number of benzene rings is 2. The van der Waals surface area contributed by atoms with Gasteiger partial charge in [-0.1, -0.05) is 20.8 Å². The largest absolute Gasteiger partial charge is 0.454 e. The molecule has 36 heavy (non-hydrogen) atoms. The van der Waals surface area contributed by atoms with E-state index < -0.39 is 21.7 Å². The highest BCUT2D eigenvalue weighted by Gasteiger charge is 2.33. The van der Waals surface area contributed by atoms with Crippen molar-refractivity contribution in [1.29, 1.82) is 0 Å². The van der Waals surface area contributed by atoms with E-state index in [1.165, 1.54) is 23.6 Å². The third-order valence-corrected chi connectivity index (χ3v) is 8.54. The number of rotatable bonds is 6. The maximum absolute atomic E-state index is 14.5. The molecule has 3 atom stereocenters. The molecule has 4 rings (SSSR count). The number of nitrogens with zero attached hydrogens (tertiary/aromatic N) is 1. The van der Waals surface area contributed by atoms with Gasteiger partial charge in [0.2, 0.25) is 10.0 Å². The molecular formula is C27H30F2N2O4S. The number of sulfonamides is 1. The van der Waals surface area contributed by atoms with E-state index >= 15 is 0 Å². The summed E-state index contributed by atoms with van der Waals surface area (Å²) in [5.41, 5.74) is 3.03. The zero-order chi connectivity index (χ0) is 26.4. The van der Waals surface area contributed by atoms with E-state index in [4.69, 9.17) is 4.74 Å². The summed E-state index contributed by atoms with van der Waals surface area (Å²) in [4.78, 5) is 13.2. The molecule has 0 fully saturated rings. The van der Waals surface area contributed by atoms with Gasteiger partial charge in [-0.3, -0.25) is 9.52 Å². The Kier molecular flexibility index (Phi) is 6.96. The average Bonchev–Trinajstić information content (AvgIpc) is 2.82. The van der Waals surface area contributed by atoms with Crippen LogP contribution in [0.25, 0.3) is 11.1 Å². The molecule has 192 valence electrons. The van der Waals surface area contributed by atoms with E-state index in [1.54, 1.807) is 25.4 Å². The van der Waals surface area contributed by atoms with E-state index in [0.717, 1.165) is 23.3 Å². The molecule has 2 aromatic carbocycles. The second-order valence-electron chi connectivity index (χ2n) is 9.57. The van der Waals surface area contributed by atoms with Gasteiger partial charge >= 0.3 is 0 Å². The van der Waals surface area contributed by atoms with Gasteiger partial charge in [-0.2, -0.15) is 0 Å². The molecule has 9 heteroatoms. The van der Waals surface area contributed by atoms with E-state index in [1.807, 2.05) is 6.92 Å². The summed E-state index contributed by atoms with van der Waals surface area (Å²) >= 11 is 0. The van der Waals surface area contributed by atoms with Crippen molar-refractivity contribution in [3.63, 3.8) is 0 Å². The van der Waals surface area contributed by atoms with Crippen LogP contribution in [0.4, 0.5) is 14.5 Å². The van der Waals surface area contributed by atoms with Crippen LogP contribution >= 0.6 is 0 Å². The van der Waals surface area contributed by atoms with Crippen LogP contribution in [0, 0.1) is 23.5 Å². The number of hydrogen-bond acceptors (Lipinski definition) is 4. The van der Waals surface area contributed by atoms with Crippen molar-refractivity contribution in [1.82, 2.24) is 4.57 Å². The van der Waals surface area contributed by atoms with Crippen molar-refractivity contribution in [3.05, 3.63) is 75.7 Å². The molecule has 0 aliphatic heterocycles. The molecule has 0 saturated carbocycles. The van der Waals surface area contributed by atoms with Crippen LogP contribution in [0.5, 0.6) is 11.5 Å². The molecule has 0 amide bonds. The highest BCUT2D eigenvalue weighted by atomic mass is 32.2. The zero-order valence-electron chi connectivity index (χ0n) is 20.9. The Labute approximate surface area is 210 Å². The number of fused-ring (bicyclic) bond motifs is 1. The molecule has 0 saturated heterocycles. The number of pyridine rings is 1. The van der Waals surface area contributed by atoms with E-state index in [-0.39, 0.29) is 28.7 Å². The fourth-order valence-electron chi connectivity index (χ4n) is 4.80. The molecule has 6 nitrogen and oxygen atoms in total. The van der Waals surface area contributed by atoms with Gasteiger partial charge < -0.3 is 9.30 Å². The van der Waals surface area contributed by atoms with Crippen LogP contribution in [0.1, 0.15) is 44.7 Å². The third-order valence-electron chi connectivity index (χ3n) is 7.23. The van der Waals surface area contributed by atoms with Crippen molar-refractivity contribution in [2.45, 2.75) is 40.0 Å².